The van der Waals surface area contributed by atoms with Gasteiger partial charge < -0.3 is 19.6 Å². The number of fused-ring (bicyclic) bond motifs is 2. The van der Waals surface area contributed by atoms with Crippen LogP contribution in [0.4, 0.5) is 5.69 Å². The fourth-order valence-electron chi connectivity index (χ4n) is 3.52. The molecule has 5 nitrogen and oxygen atoms in total. The van der Waals surface area contributed by atoms with Crippen LogP contribution in [-0.4, -0.2) is 22.6 Å². The molecule has 0 spiro atoms. The van der Waals surface area contributed by atoms with Crippen molar-refractivity contribution in [2.24, 2.45) is 0 Å². The van der Waals surface area contributed by atoms with Gasteiger partial charge in [0, 0.05) is 29.0 Å². The first kappa shape index (κ1) is 18.1. The van der Waals surface area contributed by atoms with Gasteiger partial charge in [0.2, 0.25) is 0 Å². The monoisotopic (exact) mass is 395 g/mol. The number of benzene rings is 3. The number of hydrogen-bond acceptors (Lipinski definition) is 4. The molecule has 0 fully saturated rings. The first-order chi connectivity index (χ1) is 14.8. The second-order valence-corrected chi connectivity index (χ2v) is 7.03. The van der Waals surface area contributed by atoms with Crippen LogP contribution in [0.3, 0.4) is 0 Å². The molecule has 0 aliphatic rings. The topological polar surface area (TPSA) is 61.8 Å². The van der Waals surface area contributed by atoms with Crippen LogP contribution < -0.4 is 15.2 Å². The van der Waals surface area contributed by atoms with Crippen molar-refractivity contribution in [1.82, 2.24) is 9.38 Å². The highest BCUT2D eigenvalue weighted by Gasteiger charge is 2.09. The largest absolute Gasteiger partial charge is 0.489 e. The van der Waals surface area contributed by atoms with E-state index in [1.54, 1.807) is 0 Å². The van der Waals surface area contributed by atoms with Crippen LogP contribution in [0.15, 0.2) is 91.3 Å². The molecule has 30 heavy (non-hydrogen) atoms. The highest BCUT2D eigenvalue weighted by molar-refractivity contribution is 5.88. The summed E-state index contributed by atoms with van der Waals surface area (Å²) in [7, 11) is 0. The van der Waals surface area contributed by atoms with E-state index < -0.39 is 0 Å². The predicted octanol–water partition coefficient (Wildman–Crippen LogP) is 5.19. The molecule has 0 amide bonds. The lowest BCUT2D eigenvalue weighted by molar-refractivity contribution is 0.219. The van der Waals surface area contributed by atoms with E-state index in [-0.39, 0.29) is 0 Å². The summed E-state index contributed by atoms with van der Waals surface area (Å²) >= 11 is 0. The fourth-order valence-corrected chi connectivity index (χ4v) is 3.52. The molecule has 0 atom stereocenters. The standard InChI is InChI=1S/C25H21N3O2/c26-20-12-10-19(11-13-20)22-17-28-14-4-9-24(25(28)27-22)30-16-15-29-23-8-3-6-18-5-1-2-7-21(18)23/h1-14,17H,15-16,26H2. The number of aromatic nitrogens is 2. The molecule has 0 aliphatic heterocycles. The maximum Gasteiger partial charge on any atom is 0.180 e. The summed E-state index contributed by atoms with van der Waals surface area (Å²) in [5.74, 6) is 1.59. The Hall–Kier alpha value is -3.99. The Morgan fingerprint density at radius 1 is 0.767 bits per heavy atom. The van der Waals surface area contributed by atoms with Crippen LogP contribution in [-0.2, 0) is 0 Å². The normalized spacial score (nSPS) is 11.1. The Kier molecular flexibility index (Phi) is 4.69. The van der Waals surface area contributed by atoms with Gasteiger partial charge in [-0.05, 0) is 35.7 Å². The smallest absolute Gasteiger partial charge is 0.180 e. The summed E-state index contributed by atoms with van der Waals surface area (Å²) in [6.45, 7) is 0.869. The third-order valence-electron chi connectivity index (χ3n) is 5.00. The molecule has 5 heteroatoms. The number of hydrogen-bond donors (Lipinski definition) is 1. The molecular formula is C25H21N3O2. The van der Waals surface area contributed by atoms with E-state index in [0.29, 0.717) is 13.2 Å². The van der Waals surface area contributed by atoms with Crippen LogP contribution >= 0.6 is 0 Å². The number of nitrogens with two attached hydrogens (primary N) is 1. The molecule has 5 rings (SSSR count). The van der Waals surface area contributed by atoms with Crippen LogP contribution in [0.2, 0.25) is 0 Å². The first-order valence-electron chi connectivity index (χ1n) is 9.85. The van der Waals surface area contributed by atoms with Crippen molar-refractivity contribution >= 4 is 22.1 Å². The zero-order chi connectivity index (χ0) is 20.3. The second-order valence-electron chi connectivity index (χ2n) is 7.03. The van der Waals surface area contributed by atoms with Crippen LogP contribution in [0, 0.1) is 0 Å². The number of rotatable bonds is 6. The maximum absolute atomic E-state index is 5.99. The Bertz CT molecular complexity index is 1300. The van der Waals surface area contributed by atoms with Gasteiger partial charge in [-0.25, -0.2) is 4.98 Å². The average Bonchev–Trinajstić information content (AvgIpc) is 3.22. The van der Waals surface area contributed by atoms with E-state index in [1.807, 2.05) is 77.5 Å². The number of ether oxygens (including phenoxy) is 2. The minimum absolute atomic E-state index is 0.424. The van der Waals surface area contributed by atoms with Gasteiger partial charge >= 0.3 is 0 Å². The Labute approximate surface area is 174 Å². The summed E-state index contributed by atoms with van der Waals surface area (Å²) in [5.41, 5.74) is 9.18. The van der Waals surface area contributed by atoms with Gasteiger partial charge in [0.15, 0.2) is 11.4 Å². The summed E-state index contributed by atoms with van der Waals surface area (Å²) < 4.78 is 13.9. The minimum Gasteiger partial charge on any atom is -0.489 e. The van der Waals surface area contributed by atoms with E-state index >= 15 is 0 Å². The first-order valence-corrected chi connectivity index (χ1v) is 9.85. The quantitative estimate of drug-likeness (QED) is 0.317. The predicted molar refractivity (Wildman–Crippen MR) is 120 cm³/mol. The number of pyridine rings is 1. The Morgan fingerprint density at radius 2 is 1.50 bits per heavy atom. The van der Waals surface area contributed by atoms with Gasteiger partial charge in [-0.2, -0.15) is 0 Å². The van der Waals surface area contributed by atoms with E-state index in [1.165, 1.54) is 0 Å². The zero-order valence-corrected chi connectivity index (χ0v) is 16.4. The summed E-state index contributed by atoms with van der Waals surface area (Å²) in [5, 5.41) is 2.26. The van der Waals surface area contributed by atoms with Crippen molar-refractivity contribution in [3.63, 3.8) is 0 Å². The number of imidazole rings is 1. The number of nitrogen functional groups attached to an aromatic ring is 1. The molecule has 0 unspecified atom stereocenters. The van der Waals surface area contributed by atoms with Crippen molar-refractivity contribution in [2.75, 3.05) is 18.9 Å². The molecule has 2 heterocycles. The fraction of sp³-hybridized carbons (Fsp3) is 0.0800. The van der Waals surface area contributed by atoms with Crippen molar-refractivity contribution in [3.8, 4) is 22.8 Å². The molecule has 0 aliphatic carbocycles. The summed E-state index contributed by atoms with van der Waals surface area (Å²) in [6, 6.07) is 25.8. The Balaban J connectivity index is 1.30. The highest BCUT2D eigenvalue weighted by Crippen LogP contribution is 2.26. The Morgan fingerprint density at radius 3 is 2.37 bits per heavy atom. The lowest BCUT2D eigenvalue weighted by atomic mass is 10.1. The van der Waals surface area contributed by atoms with Gasteiger partial charge in [0.05, 0.1) is 5.69 Å². The minimum atomic E-state index is 0.424. The van der Waals surface area contributed by atoms with E-state index in [2.05, 4.69) is 18.2 Å². The van der Waals surface area contributed by atoms with Gasteiger partial charge in [0.25, 0.3) is 0 Å². The van der Waals surface area contributed by atoms with Crippen LogP contribution in [0.5, 0.6) is 11.5 Å². The summed E-state index contributed by atoms with van der Waals surface area (Å²) in [6.07, 6.45) is 3.95. The number of anilines is 1. The molecule has 0 bridgehead atoms. The molecule has 148 valence electrons. The molecule has 0 saturated carbocycles. The molecule has 3 aromatic carbocycles. The van der Waals surface area contributed by atoms with Gasteiger partial charge in [0.1, 0.15) is 19.0 Å². The molecule has 0 radical (unpaired) electrons. The van der Waals surface area contributed by atoms with Gasteiger partial charge in [-0.3, -0.25) is 0 Å². The van der Waals surface area contributed by atoms with Crippen LogP contribution in [0.1, 0.15) is 0 Å². The zero-order valence-electron chi connectivity index (χ0n) is 16.4. The SMILES string of the molecule is Nc1ccc(-c2cn3cccc(OCCOc4cccc5ccccc45)c3n2)cc1. The van der Waals surface area contributed by atoms with Crippen LogP contribution in [0.25, 0.3) is 27.7 Å². The molecule has 5 aromatic rings. The van der Waals surface area contributed by atoms with Crippen molar-refractivity contribution in [1.29, 1.82) is 0 Å². The van der Waals surface area contributed by atoms with Crippen molar-refractivity contribution < 1.29 is 9.47 Å². The molecular weight excluding hydrogens is 374 g/mol. The van der Waals surface area contributed by atoms with E-state index in [9.17, 15) is 0 Å². The second kappa shape index (κ2) is 7.79. The highest BCUT2D eigenvalue weighted by atomic mass is 16.5. The van der Waals surface area contributed by atoms with E-state index in [0.717, 1.165) is 44.9 Å². The summed E-state index contributed by atoms with van der Waals surface area (Å²) in [4.78, 5) is 4.75. The maximum atomic E-state index is 5.99. The van der Waals surface area contributed by atoms with E-state index in [4.69, 9.17) is 20.2 Å². The lowest BCUT2D eigenvalue weighted by Gasteiger charge is -2.11. The third-order valence-corrected chi connectivity index (χ3v) is 5.00. The van der Waals surface area contributed by atoms with Crippen molar-refractivity contribution in [2.45, 2.75) is 0 Å². The molecule has 2 aromatic heterocycles. The molecule has 0 saturated heterocycles. The van der Waals surface area contributed by atoms with Gasteiger partial charge in [-0.1, -0.05) is 48.5 Å². The molecule has 2 N–H and O–H groups in total. The lowest BCUT2D eigenvalue weighted by Crippen LogP contribution is -2.09. The third kappa shape index (κ3) is 3.53. The average molecular weight is 395 g/mol. The van der Waals surface area contributed by atoms with Crippen molar-refractivity contribution in [3.05, 3.63) is 91.3 Å². The number of nitrogens with zero attached hydrogens (tertiary/aromatic N) is 2. The van der Waals surface area contributed by atoms with Gasteiger partial charge in [-0.15, -0.1) is 0 Å².